The summed E-state index contributed by atoms with van der Waals surface area (Å²) >= 11 is 0. The molecule has 0 saturated heterocycles. The van der Waals surface area contributed by atoms with E-state index in [0.29, 0.717) is 30.1 Å². The summed E-state index contributed by atoms with van der Waals surface area (Å²) in [5.41, 5.74) is 1.26. The number of rotatable bonds is 9. The maximum absolute atomic E-state index is 9.41. The molecule has 1 atom stereocenters. The molecule has 10 heteroatoms. The van der Waals surface area contributed by atoms with Crippen LogP contribution >= 0.6 is 8.00 Å². The van der Waals surface area contributed by atoms with Crippen molar-refractivity contribution in [2.75, 3.05) is 20.3 Å². The van der Waals surface area contributed by atoms with Gasteiger partial charge < -0.3 is 14.4 Å². The third-order valence-corrected chi connectivity index (χ3v) is 4.05. The SMILES string of the molecule is COC=[P+](OCCC#N)OCCn1c(CO)nc2cncnc21. The van der Waals surface area contributed by atoms with Crippen LogP contribution in [0.25, 0.3) is 11.2 Å². The lowest BCUT2D eigenvalue weighted by atomic mass is 10.5. The molecule has 9 nitrogen and oxygen atoms in total. The molecule has 0 spiro atoms. The quantitative estimate of drug-likeness (QED) is 0.531. The zero-order chi connectivity index (χ0) is 16.5. The molecule has 0 amide bonds. The highest BCUT2D eigenvalue weighted by atomic mass is 31.1. The van der Waals surface area contributed by atoms with E-state index in [1.54, 1.807) is 10.8 Å². The molecular weight excluding hydrogens is 321 g/mol. The Kier molecular flexibility index (Phi) is 7.00. The molecule has 1 unspecified atom stereocenters. The largest absolute Gasteiger partial charge is 0.457 e. The van der Waals surface area contributed by atoms with E-state index in [4.69, 9.17) is 19.0 Å². The molecule has 0 fully saturated rings. The van der Waals surface area contributed by atoms with Gasteiger partial charge in [-0.15, -0.1) is 9.05 Å². The van der Waals surface area contributed by atoms with Crippen molar-refractivity contribution < 1.29 is 18.9 Å². The van der Waals surface area contributed by atoms with Crippen molar-refractivity contribution in [3.63, 3.8) is 0 Å². The first kappa shape index (κ1) is 17.4. The molecule has 2 aromatic heterocycles. The van der Waals surface area contributed by atoms with Gasteiger partial charge in [-0.25, -0.2) is 15.0 Å². The smallest absolute Gasteiger partial charge is 0.388 e. The van der Waals surface area contributed by atoms with E-state index in [9.17, 15) is 5.11 Å². The van der Waals surface area contributed by atoms with E-state index < -0.39 is 8.00 Å². The zero-order valence-electron chi connectivity index (χ0n) is 12.6. The monoisotopic (exact) mass is 338 g/mol. The van der Waals surface area contributed by atoms with Crippen LogP contribution in [0.3, 0.4) is 0 Å². The Labute approximate surface area is 134 Å². The lowest BCUT2D eigenvalue weighted by Gasteiger charge is -2.04. The first-order valence-electron chi connectivity index (χ1n) is 6.84. The van der Waals surface area contributed by atoms with Crippen molar-refractivity contribution in [1.82, 2.24) is 19.5 Å². The Bertz CT molecular complexity index is 712. The summed E-state index contributed by atoms with van der Waals surface area (Å²) in [6.45, 7) is 0.848. The van der Waals surface area contributed by atoms with Crippen LogP contribution < -0.4 is 0 Å². The summed E-state index contributed by atoms with van der Waals surface area (Å²) in [4.78, 5) is 12.3. The molecule has 0 bridgehead atoms. The molecule has 2 rings (SSSR count). The van der Waals surface area contributed by atoms with Gasteiger partial charge in [-0.3, -0.25) is 0 Å². The number of nitrogens with zero attached hydrogens (tertiary/aromatic N) is 5. The average molecular weight is 338 g/mol. The highest BCUT2D eigenvalue weighted by Gasteiger charge is 2.17. The van der Waals surface area contributed by atoms with Gasteiger partial charge in [0.25, 0.3) is 5.98 Å². The average Bonchev–Trinajstić information content (AvgIpc) is 2.93. The van der Waals surface area contributed by atoms with Gasteiger partial charge in [-0.2, -0.15) is 5.26 Å². The Morgan fingerprint density at radius 3 is 3.00 bits per heavy atom. The molecule has 0 aliphatic heterocycles. The summed E-state index contributed by atoms with van der Waals surface area (Å²) in [6.07, 6.45) is 3.31. The Morgan fingerprint density at radius 2 is 2.26 bits per heavy atom. The maximum Gasteiger partial charge on any atom is 0.457 e. The van der Waals surface area contributed by atoms with Crippen LogP contribution in [-0.4, -0.2) is 50.9 Å². The van der Waals surface area contributed by atoms with Gasteiger partial charge in [-0.1, -0.05) is 0 Å². The minimum Gasteiger partial charge on any atom is -0.388 e. The van der Waals surface area contributed by atoms with Gasteiger partial charge in [0.2, 0.25) is 0 Å². The fraction of sp³-hybridized carbons (Fsp3) is 0.462. The number of methoxy groups -OCH3 is 1. The van der Waals surface area contributed by atoms with Gasteiger partial charge in [0, 0.05) is 7.11 Å². The van der Waals surface area contributed by atoms with Crippen molar-refractivity contribution in [2.24, 2.45) is 0 Å². The van der Waals surface area contributed by atoms with E-state index >= 15 is 0 Å². The van der Waals surface area contributed by atoms with Crippen LogP contribution in [0.4, 0.5) is 0 Å². The fourth-order valence-corrected chi connectivity index (χ4v) is 2.77. The summed E-state index contributed by atoms with van der Waals surface area (Å²) in [5, 5.41) is 17.9. The van der Waals surface area contributed by atoms with Gasteiger partial charge in [-0.05, 0) is 0 Å². The van der Waals surface area contributed by atoms with Gasteiger partial charge in [0.15, 0.2) is 5.65 Å². The van der Waals surface area contributed by atoms with E-state index in [-0.39, 0.29) is 19.6 Å². The molecule has 1 N–H and O–H groups in total. The number of hydrogen-bond donors (Lipinski definition) is 1. The third kappa shape index (κ3) is 4.76. The number of aromatic nitrogens is 4. The number of aliphatic hydroxyl groups is 1. The second kappa shape index (κ2) is 9.25. The minimum atomic E-state index is -1.34. The lowest BCUT2D eigenvalue weighted by Crippen LogP contribution is -2.09. The molecule has 0 aliphatic rings. The Morgan fingerprint density at radius 1 is 1.43 bits per heavy atom. The van der Waals surface area contributed by atoms with Crippen molar-refractivity contribution >= 4 is 25.1 Å². The molecular formula is C13H17N5O4P+. The number of imidazole rings is 1. The van der Waals surface area contributed by atoms with Crippen molar-refractivity contribution in [3.8, 4) is 6.07 Å². The number of fused-ring (bicyclic) bond motifs is 1. The van der Waals surface area contributed by atoms with Crippen LogP contribution in [0.1, 0.15) is 12.2 Å². The number of hydrogen-bond acceptors (Lipinski definition) is 8. The Hall–Kier alpha value is -1.95. The third-order valence-electron chi connectivity index (χ3n) is 2.79. The molecule has 0 aromatic carbocycles. The highest BCUT2D eigenvalue weighted by Crippen LogP contribution is 2.25. The predicted octanol–water partition coefficient (Wildman–Crippen LogP) is 0.983. The molecule has 122 valence electrons. The molecule has 2 heterocycles. The van der Waals surface area contributed by atoms with Gasteiger partial charge in [0.1, 0.15) is 37.5 Å². The number of aliphatic hydroxyl groups excluding tert-OH is 1. The van der Waals surface area contributed by atoms with E-state index in [1.807, 2.05) is 6.07 Å². The van der Waals surface area contributed by atoms with Gasteiger partial charge >= 0.3 is 8.00 Å². The van der Waals surface area contributed by atoms with Crippen molar-refractivity contribution in [2.45, 2.75) is 19.6 Å². The topological polar surface area (TPSA) is 115 Å². The van der Waals surface area contributed by atoms with Crippen LogP contribution in [0.5, 0.6) is 0 Å². The summed E-state index contributed by atoms with van der Waals surface area (Å²) in [7, 11) is 0.172. The van der Waals surface area contributed by atoms with Crippen molar-refractivity contribution in [1.29, 1.82) is 5.26 Å². The number of ether oxygens (including phenoxy) is 1. The van der Waals surface area contributed by atoms with Crippen LogP contribution in [0, 0.1) is 11.3 Å². The summed E-state index contributed by atoms with van der Waals surface area (Å²) < 4.78 is 17.8. The van der Waals surface area contributed by atoms with E-state index in [1.165, 1.54) is 19.4 Å². The minimum absolute atomic E-state index is 0.200. The lowest BCUT2D eigenvalue weighted by molar-refractivity contribution is 0.243. The van der Waals surface area contributed by atoms with E-state index in [2.05, 4.69) is 15.0 Å². The van der Waals surface area contributed by atoms with E-state index in [0.717, 1.165) is 0 Å². The maximum atomic E-state index is 9.41. The van der Waals surface area contributed by atoms with Gasteiger partial charge in [0.05, 0.1) is 25.2 Å². The summed E-state index contributed by atoms with van der Waals surface area (Å²) in [6, 6.07) is 2.00. The molecule has 23 heavy (non-hydrogen) atoms. The normalized spacial score (nSPS) is 11.8. The highest BCUT2D eigenvalue weighted by molar-refractivity contribution is 7.46. The fourth-order valence-electron chi connectivity index (χ4n) is 1.87. The second-order valence-electron chi connectivity index (χ2n) is 4.27. The molecule has 0 saturated carbocycles. The molecule has 0 radical (unpaired) electrons. The zero-order valence-corrected chi connectivity index (χ0v) is 13.5. The van der Waals surface area contributed by atoms with Crippen LogP contribution in [0.15, 0.2) is 12.5 Å². The molecule has 0 aliphatic carbocycles. The number of nitriles is 1. The summed E-state index contributed by atoms with van der Waals surface area (Å²) in [5.74, 6) is 1.96. The Balaban J connectivity index is 2.00. The molecule has 2 aromatic rings. The van der Waals surface area contributed by atoms with Crippen LogP contribution in [-0.2, 0) is 26.9 Å². The standard InChI is InChI=1S/C13H17N5O4P/c1-20-10-23(21-5-2-3-14)22-6-4-18-12(8-19)17-11-7-15-9-16-13(11)18/h7,9-10,19H,2,4-6,8H2,1H3/q+1. The second-order valence-corrected chi connectivity index (χ2v) is 5.57. The predicted molar refractivity (Wildman–Crippen MR) is 83.4 cm³/mol. The first-order chi connectivity index (χ1) is 11.3. The van der Waals surface area contributed by atoms with Crippen LogP contribution in [0.2, 0.25) is 0 Å². The first-order valence-corrected chi connectivity index (χ1v) is 8.09. The van der Waals surface area contributed by atoms with Crippen molar-refractivity contribution in [3.05, 3.63) is 18.3 Å².